The highest BCUT2D eigenvalue weighted by atomic mass is 35.5. The van der Waals surface area contributed by atoms with Gasteiger partial charge in [0.1, 0.15) is 5.82 Å². The number of likely N-dealkylation sites (N-methyl/N-ethyl adjacent to an activating group) is 1. The van der Waals surface area contributed by atoms with Crippen LogP contribution in [0.1, 0.15) is 35.8 Å². The van der Waals surface area contributed by atoms with E-state index in [0.717, 1.165) is 37.6 Å². The van der Waals surface area contributed by atoms with E-state index >= 15 is 0 Å². The van der Waals surface area contributed by atoms with Crippen molar-refractivity contribution in [1.29, 1.82) is 0 Å². The van der Waals surface area contributed by atoms with Gasteiger partial charge in [0.2, 0.25) is 5.91 Å². The minimum absolute atomic E-state index is 0.0202. The summed E-state index contributed by atoms with van der Waals surface area (Å²) >= 11 is 5.96. The van der Waals surface area contributed by atoms with Crippen LogP contribution in [0.15, 0.2) is 42.6 Å². The Morgan fingerprint density at radius 2 is 1.81 bits per heavy atom. The maximum Gasteiger partial charge on any atom is 0.339 e. The molecule has 1 unspecified atom stereocenters. The van der Waals surface area contributed by atoms with Gasteiger partial charge in [-0.15, -0.1) is 0 Å². The van der Waals surface area contributed by atoms with Crippen LogP contribution >= 0.6 is 11.6 Å². The summed E-state index contributed by atoms with van der Waals surface area (Å²) in [6.07, 6.45) is 1.55. The molecule has 1 amide bonds. The Hall–Kier alpha value is -2.64. The molecule has 1 aliphatic rings. The van der Waals surface area contributed by atoms with Crippen LogP contribution in [0.5, 0.6) is 0 Å². The van der Waals surface area contributed by atoms with Gasteiger partial charge in [-0.3, -0.25) is 9.69 Å². The number of hydrogen-bond donors (Lipinski definition) is 0. The van der Waals surface area contributed by atoms with Crippen molar-refractivity contribution in [2.75, 3.05) is 51.3 Å². The van der Waals surface area contributed by atoms with E-state index in [9.17, 15) is 9.59 Å². The zero-order valence-corrected chi connectivity index (χ0v) is 19.0. The Balaban J connectivity index is 1.49. The molecule has 1 aromatic heterocycles. The lowest BCUT2D eigenvalue weighted by Crippen LogP contribution is -2.50. The summed E-state index contributed by atoms with van der Waals surface area (Å²) in [5.74, 6) is 0.558. The fourth-order valence-electron chi connectivity index (χ4n) is 3.53. The SMILES string of the molecule is CCOC(=O)c1ccc(N2CCN(CC(=O)N(C)C(C)c3ccc(Cl)cc3)CC2)nc1. The van der Waals surface area contributed by atoms with E-state index in [1.807, 2.05) is 44.3 Å². The van der Waals surface area contributed by atoms with Crippen molar-refractivity contribution in [3.63, 3.8) is 0 Å². The van der Waals surface area contributed by atoms with Crippen molar-refractivity contribution in [2.45, 2.75) is 19.9 Å². The number of rotatable bonds is 7. The minimum atomic E-state index is -0.359. The molecular weight excluding hydrogens is 416 g/mol. The number of carbonyl (C=O) groups excluding carboxylic acids is 2. The number of piperazine rings is 1. The van der Waals surface area contributed by atoms with Crippen LogP contribution in [0.2, 0.25) is 5.02 Å². The summed E-state index contributed by atoms with van der Waals surface area (Å²) in [7, 11) is 1.84. The lowest BCUT2D eigenvalue weighted by atomic mass is 10.1. The highest BCUT2D eigenvalue weighted by Crippen LogP contribution is 2.21. The Morgan fingerprint density at radius 3 is 2.39 bits per heavy atom. The van der Waals surface area contributed by atoms with Crippen molar-refractivity contribution in [1.82, 2.24) is 14.8 Å². The Labute approximate surface area is 188 Å². The summed E-state index contributed by atoms with van der Waals surface area (Å²) < 4.78 is 4.99. The molecule has 1 aromatic carbocycles. The average Bonchev–Trinajstić information content (AvgIpc) is 2.79. The van der Waals surface area contributed by atoms with E-state index < -0.39 is 0 Å². The van der Waals surface area contributed by atoms with Gasteiger partial charge < -0.3 is 14.5 Å². The molecule has 166 valence electrons. The molecule has 8 heteroatoms. The molecule has 0 spiro atoms. The predicted molar refractivity (Wildman–Crippen MR) is 121 cm³/mol. The van der Waals surface area contributed by atoms with Crippen molar-refractivity contribution < 1.29 is 14.3 Å². The molecule has 0 bridgehead atoms. The number of carbonyl (C=O) groups is 2. The van der Waals surface area contributed by atoms with E-state index in [1.165, 1.54) is 0 Å². The number of amides is 1. The van der Waals surface area contributed by atoms with E-state index in [0.29, 0.717) is 23.7 Å². The topological polar surface area (TPSA) is 66.0 Å². The first-order chi connectivity index (χ1) is 14.9. The fraction of sp³-hybridized carbons (Fsp3) is 0.435. The van der Waals surface area contributed by atoms with Gasteiger partial charge in [-0.25, -0.2) is 9.78 Å². The molecular formula is C23H29ClN4O3. The highest BCUT2D eigenvalue weighted by molar-refractivity contribution is 6.30. The summed E-state index contributed by atoms with van der Waals surface area (Å²) in [5.41, 5.74) is 1.51. The number of hydrogen-bond acceptors (Lipinski definition) is 6. The van der Waals surface area contributed by atoms with Crippen LogP contribution in [-0.4, -0.2) is 73.0 Å². The van der Waals surface area contributed by atoms with Gasteiger partial charge in [0.05, 0.1) is 24.8 Å². The van der Waals surface area contributed by atoms with E-state index in [2.05, 4.69) is 14.8 Å². The number of halogens is 1. The number of aromatic nitrogens is 1. The second kappa shape index (κ2) is 10.6. The van der Waals surface area contributed by atoms with Crippen LogP contribution in [-0.2, 0) is 9.53 Å². The third kappa shape index (κ3) is 5.95. The predicted octanol–water partition coefficient (Wildman–Crippen LogP) is 3.25. The Kier molecular flexibility index (Phi) is 7.87. The normalized spacial score (nSPS) is 15.4. The van der Waals surface area contributed by atoms with Crippen LogP contribution in [0.4, 0.5) is 5.82 Å². The molecule has 2 aromatic rings. The van der Waals surface area contributed by atoms with Crippen LogP contribution in [0.3, 0.4) is 0 Å². The van der Waals surface area contributed by atoms with Crippen molar-refractivity contribution >= 4 is 29.3 Å². The third-order valence-corrected chi connectivity index (χ3v) is 5.89. The second-order valence-corrected chi connectivity index (χ2v) is 8.06. The molecule has 31 heavy (non-hydrogen) atoms. The van der Waals surface area contributed by atoms with Gasteiger partial charge in [-0.05, 0) is 43.7 Å². The molecule has 0 aliphatic carbocycles. The fourth-order valence-corrected chi connectivity index (χ4v) is 3.65. The number of pyridine rings is 1. The summed E-state index contributed by atoms with van der Waals surface area (Å²) in [5, 5.41) is 0.688. The maximum atomic E-state index is 12.8. The third-order valence-electron chi connectivity index (χ3n) is 5.64. The maximum absolute atomic E-state index is 12.8. The van der Waals surface area contributed by atoms with Crippen LogP contribution in [0, 0.1) is 0 Å². The molecule has 1 saturated heterocycles. The molecule has 7 nitrogen and oxygen atoms in total. The molecule has 1 fully saturated rings. The quantitative estimate of drug-likeness (QED) is 0.611. The van der Waals surface area contributed by atoms with Crippen molar-refractivity contribution in [3.8, 4) is 0 Å². The standard InChI is InChI=1S/C23H29ClN4O3/c1-4-31-23(30)19-7-10-21(25-15-19)28-13-11-27(12-14-28)16-22(29)26(3)17(2)18-5-8-20(24)9-6-18/h5-10,15,17H,4,11-14,16H2,1-3H3. The molecule has 3 rings (SSSR count). The second-order valence-electron chi connectivity index (χ2n) is 7.62. The van der Waals surface area contributed by atoms with Gasteiger partial charge in [0, 0.05) is 44.4 Å². The van der Waals surface area contributed by atoms with Gasteiger partial charge in [-0.2, -0.15) is 0 Å². The zero-order chi connectivity index (χ0) is 22.4. The summed E-state index contributed by atoms with van der Waals surface area (Å²) in [4.78, 5) is 35.1. The molecule has 0 N–H and O–H groups in total. The number of nitrogens with zero attached hydrogens (tertiary/aromatic N) is 4. The van der Waals surface area contributed by atoms with Crippen LogP contribution < -0.4 is 4.90 Å². The highest BCUT2D eigenvalue weighted by Gasteiger charge is 2.23. The van der Waals surface area contributed by atoms with Crippen LogP contribution in [0.25, 0.3) is 0 Å². The number of benzene rings is 1. The Bertz CT molecular complexity index is 881. The lowest BCUT2D eigenvalue weighted by molar-refractivity contribution is -0.133. The minimum Gasteiger partial charge on any atom is -0.462 e. The van der Waals surface area contributed by atoms with Gasteiger partial charge in [-0.1, -0.05) is 23.7 Å². The molecule has 0 saturated carbocycles. The average molecular weight is 445 g/mol. The summed E-state index contributed by atoms with van der Waals surface area (Å²) in [6, 6.07) is 11.2. The summed E-state index contributed by atoms with van der Waals surface area (Å²) in [6.45, 7) is 7.62. The number of ether oxygens (including phenoxy) is 1. The van der Waals surface area contributed by atoms with E-state index in [4.69, 9.17) is 16.3 Å². The molecule has 1 aliphatic heterocycles. The first-order valence-corrected chi connectivity index (χ1v) is 10.9. The largest absolute Gasteiger partial charge is 0.462 e. The number of esters is 1. The van der Waals surface area contributed by atoms with Gasteiger partial charge in [0.15, 0.2) is 0 Å². The Morgan fingerprint density at radius 1 is 1.13 bits per heavy atom. The van der Waals surface area contributed by atoms with Crippen molar-refractivity contribution in [2.24, 2.45) is 0 Å². The first kappa shape index (κ1) is 23.0. The lowest BCUT2D eigenvalue weighted by Gasteiger charge is -2.36. The smallest absolute Gasteiger partial charge is 0.339 e. The van der Waals surface area contributed by atoms with Gasteiger partial charge >= 0.3 is 5.97 Å². The molecule has 1 atom stereocenters. The first-order valence-electron chi connectivity index (χ1n) is 10.5. The monoisotopic (exact) mass is 444 g/mol. The van der Waals surface area contributed by atoms with Gasteiger partial charge in [0.25, 0.3) is 0 Å². The zero-order valence-electron chi connectivity index (χ0n) is 18.3. The molecule has 2 heterocycles. The molecule has 0 radical (unpaired) electrons. The van der Waals surface area contributed by atoms with Crippen molar-refractivity contribution in [3.05, 3.63) is 58.7 Å². The van der Waals surface area contributed by atoms with E-state index in [-0.39, 0.29) is 17.9 Å². The number of anilines is 1. The van der Waals surface area contributed by atoms with E-state index in [1.54, 1.807) is 24.1 Å².